The number of hydrogen-bond donors (Lipinski definition) is 3. The summed E-state index contributed by atoms with van der Waals surface area (Å²) in [6, 6.07) is 13.3. The van der Waals surface area contributed by atoms with E-state index in [0.29, 0.717) is 22.7 Å². The highest BCUT2D eigenvalue weighted by atomic mass is 16.5. The smallest absolute Gasteiger partial charge is 0.341 e. The van der Waals surface area contributed by atoms with E-state index in [1.807, 2.05) is 0 Å². The van der Waals surface area contributed by atoms with Crippen molar-refractivity contribution in [3.8, 4) is 5.75 Å². The summed E-state index contributed by atoms with van der Waals surface area (Å²) in [4.78, 5) is 35.6. The number of aliphatic carboxylic acids is 1. The average Bonchev–Trinajstić information content (AvgIpc) is 2.73. The quantitative estimate of drug-likeness (QED) is 0.658. The van der Waals surface area contributed by atoms with Gasteiger partial charge < -0.3 is 20.5 Å². The van der Waals surface area contributed by atoms with Crippen LogP contribution in [0.5, 0.6) is 5.75 Å². The summed E-state index contributed by atoms with van der Waals surface area (Å²) >= 11 is 0. The molecule has 0 radical (unpaired) electrons. The molecular weight excluding hydrogens is 372 g/mol. The third-order valence-electron chi connectivity index (χ3n) is 4.82. The summed E-state index contributed by atoms with van der Waals surface area (Å²) in [6.07, 6.45) is 5.16. The second-order valence-corrected chi connectivity index (χ2v) is 7.07. The molecule has 0 saturated heterocycles. The lowest BCUT2D eigenvalue weighted by Gasteiger charge is -2.20. The summed E-state index contributed by atoms with van der Waals surface area (Å²) in [5, 5.41) is 14.3. The van der Waals surface area contributed by atoms with Gasteiger partial charge >= 0.3 is 5.97 Å². The molecule has 2 aromatic carbocycles. The van der Waals surface area contributed by atoms with Gasteiger partial charge in [0.25, 0.3) is 5.91 Å². The van der Waals surface area contributed by atoms with Crippen molar-refractivity contribution >= 4 is 29.2 Å². The van der Waals surface area contributed by atoms with E-state index in [1.165, 1.54) is 6.42 Å². The Bertz CT molecular complexity index is 890. The van der Waals surface area contributed by atoms with Gasteiger partial charge in [0.15, 0.2) is 6.61 Å². The standard InChI is InChI=1S/C22H24N2O5/c25-20(26)14-29-19-11-5-10-18(13-19)24-22(28)16-8-4-9-17(12-16)23-21(27)15-6-2-1-3-7-15/h4-5,8-13,15H,1-3,6-7,14H2,(H,23,27)(H,24,28)(H,25,26). The van der Waals surface area contributed by atoms with Crippen molar-refractivity contribution in [3.05, 3.63) is 54.1 Å². The van der Waals surface area contributed by atoms with Gasteiger partial charge in [-0.15, -0.1) is 0 Å². The van der Waals surface area contributed by atoms with Gasteiger partial charge in [0.2, 0.25) is 5.91 Å². The molecule has 7 heteroatoms. The van der Waals surface area contributed by atoms with E-state index in [4.69, 9.17) is 9.84 Å². The fourth-order valence-corrected chi connectivity index (χ4v) is 3.36. The molecule has 2 aromatic rings. The van der Waals surface area contributed by atoms with E-state index in [2.05, 4.69) is 10.6 Å². The summed E-state index contributed by atoms with van der Waals surface area (Å²) < 4.78 is 5.12. The Kier molecular flexibility index (Phi) is 6.84. The van der Waals surface area contributed by atoms with Gasteiger partial charge in [0.1, 0.15) is 5.75 Å². The van der Waals surface area contributed by atoms with E-state index in [-0.39, 0.29) is 17.7 Å². The third-order valence-corrected chi connectivity index (χ3v) is 4.82. The Balaban J connectivity index is 1.62. The molecule has 152 valence electrons. The summed E-state index contributed by atoms with van der Waals surface area (Å²) in [7, 11) is 0. The maximum atomic E-state index is 12.6. The van der Waals surface area contributed by atoms with Crippen molar-refractivity contribution in [2.24, 2.45) is 5.92 Å². The fourth-order valence-electron chi connectivity index (χ4n) is 3.36. The highest BCUT2D eigenvalue weighted by Crippen LogP contribution is 2.25. The van der Waals surface area contributed by atoms with E-state index < -0.39 is 12.6 Å². The lowest BCUT2D eigenvalue weighted by Crippen LogP contribution is -2.24. The Morgan fingerprint density at radius 2 is 1.62 bits per heavy atom. The molecule has 1 saturated carbocycles. The zero-order valence-corrected chi connectivity index (χ0v) is 16.0. The monoisotopic (exact) mass is 396 g/mol. The number of anilines is 2. The van der Waals surface area contributed by atoms with Crippen molar-refractivity contribution in [3.63, 3.8) is 0 Å². The number of carboxylic acids is 1. The molecule has 0 heterocycles. The normalized spacial score (nSPS) is 14.1. The molecule has 0 spiro atoms. The number of rotatable bonds is 7. The molecule has 0 aliphatic heterocycles. The zero-order valence-electron chi connectivity index (χ0n) is 16.0. The molecule has 7 nitrogen and oxygen atoms in total. The number of hydrogen-bond acceptors (Lipinski definition) is 4. The topological polar surface area (TPSA) is 105 Å². The Labute approximate surface area is 169 Å². The van der Waals surface area contributed by atoms with Crippen LogP contribution < -0.4 is 15.4 Å². The maximum absolute atomic E-state index is 12.6. The Hall–Kier alpha value is -3.35. The zero-order chi connectivity index (χ0) is 20.6. The third kappa shape index (κ3) is 6.07. The molecule has 0 bridgehead atoms. The number of amides is 2. The first kappa shape index (κ1) is 20.4. The van der Waals surface area contributed by atoms with Crippen LogP contribution in [-0.2, 0) is 9.59 Å². The summed E-state index contributed by atoms with van der Waals surface area (Å²) in [5.74, 6) is -1.03. The van der Waals surface area contributed by atoms with E-state index in [0.717, 1.165) is 25.7 Å². The predicted octanol–water partition coefficient (Wildman–Crippen LogP) is 3.92. The molecule has 0 aromatic heterocycles. The van der Waals surface area contributed by atoms with Crippen molar-refractivity contribution in [1.82, 2.24) is 0 Å². The number of carbonyl (C=O) groups excluding carboxylic acids is 2. The van der Waals surface area contributed by atoms with Crippen molar-refractivity contribution in [1.29, 1.82) is 0 Å². The lowest BCUT2D eigenvalue weighted by molar-refractivity contribution is -0.139. The minimum Gasteiger partial charge on any atom is -0.482 e. The fraction of sp³-hybridized carbons (Fsp3) is 0.318. The minimum absolute atomic E-state index is 0.00513. The van der Waals surface area contributed by atoms with Crippen LogP contribution in [0.15, 0.2) is 48.5 Å². The molecule has 1 fully saturated rings. The SMILES string of the molecule is O=C(O)COc1cccc(NC(=O)c2cccc(NC(=O)C3CCCCC3)c2)c1. The van der Waals surface area contributed by atoms with Gasteiger partial charge in [0.05, 0.1) is 0 Å². The second-order valence-electron chi connectivity index (χ2n) is 7.07. The van der Waals surface area contributed by atoms with Gasteiger partial charge in [0, 0.05) is 28.9 Å². The van der Waals surface area contributed by atoms with Gasteiger partial charge in [-0.1, -0.05) is 31.4 Å². The first-order chi connectivity index (χ1) is 14.0. The summed E-state index contributed by atoms with van der Waals surface area (Å²) in [5.41, 5.74) is 1.48. The molecule has 3 rings (SSSR count). The van der Waals surface area contributed by atoms with Crippen molar-refractivity contribution in [2.75, 3.05) is 17.2 Å². The van der Waals surface area contributed by atoms with Gasteiger partial charge in [-0.2, -0.15) is 0 Å². The van der Waals surface area contributed by atoms with Gasteiger partial charge in [-0.25, -0.2) is 4.79 Å². The molecule has 0 atom stereocenters. The molecule has 29 heavy (non-hydrogen) atoms. The minimum atomic E-state index is -1.08. The molecule has 1 aliphatic rings. The Morgan fingerprint density at radius 3 is 2.34 bits per heavy atom. The van der Waals surface area contributed by atoms with Crippen molar-refractivity contribution in [2.45, 2.75) is 32.1 Å². The van der Waals surface area contributed by atoms with E-state index >= 15 is 0 Å². The van der Waals surface area contributed by atoms with Crippen LogP contribution in [0.2, 0.25) is 0 Å². The van der Waals surface area contributed by atoms with Crippen molar-refractivity contribution < 1.29 is 24.2 Å². The number of ether oxygens (including phenoxy) is 1. The number of carbonyl (C=O) groups is 3. The number of nitrogens with one attached hydrogen (secondary N) is 2. The highest BCUT2D eigenvalue weighted by Gasteiger charge is 2.21. The van der Waals surface area contributed by atoms with Crippen LogP contribution in [0.25, 0.3) is 0 Å². The van der Waals surface area contributed by atoms with Crippen LogP contribution in [0.3, 0.4) is 0 Å². The van der Waals surface area contributed by atoms with E-state index in [1.54, 1.807) is 48.5 Å². The Morgan fingerprint density at radius 1 is 0.931 bits per heavy atom. The van der Waals surface area contributed by atoms with E-state index in [9.17, 15) is 14.4 Å². The second kappa shape index (κ2) is 9.73. The molecular formula is C22H24N2O5. The predicted molar refractivity (Wildman–Crippen MR) is 109 cm³/mol. The van der Waals surface area contributed by atoms with Gasteiger partial charge in [-0.05, 0) is 43.2 Å². The van der Waals surface area contributed by atoms with Crippen LogP contribution >= 0.6 is 0 Å². The average molecular weight is 396 g/mol. The van der Waals surface area contributed by atoms with Crippen LogP contribution in [0.4, 0.5) is 11.4 Å². The van der Waals surface area contributed by atoms with Crippen LogP contribution in [0.1, 0.15) is 42.5 Å². The molecule has 2 amide bonds. The molecule has 3 N–H and O–H groups in total. The summed E-state index contributed by atoms with van der Waals surface area (Å²) in [6.45, 7) is -0.458. The number of carboxylic acid groups (broad SMARTS) is 1. The largest absolute Gasteiger partial charge is 0.482 e. The first-order valence-electron chi connectivity index (χ1n) is 9.68. The maximum Gasteiger partial charge on any atom is 0.341 e. The first-order valence-corrected chi connectivity index (χ1v) is 9.68. The van der Waals surface area contributed by atoms with Crippen LogP contribution in [0, 0.1) is 5.92 Å². The molecule has 1 aliphatic carbocycles. The number of benzene rings is 2. The lowest BCUT2D eigenvalue weighted by atomic mass is 9.88. The van der Waals surface area contributed by atoms with Crippen LogP contribution in [-0.4, -0.2) is 29.5 Å². The highest BCUT2D eigenvalue weighted by molar-refractivity contribution is 6.05. The van der Waals surface area contributed by atoms with Gasteiger partial charge in [-0.3, -0.25) is 9.59 Å². The molecule has 0 unspecified atom stereocenters.